The lowest BCUT2D eigenvalue weighted by molar-refractivity contribution is 0.244. The summed E-state index contributed by atoms with van der Waals surface area (Å²) >= 11 is 0. The predicted molar refractivity (Wildman–Crippen MR) is 94.7 cm³/mol. The van der Waals surface area contributed by atoms with Crippen LogP contribution in [0.4, 0.5) is 0 Å². The third-order valence-electron chi connectivity index (χ3n) is 4.57. The van der Waals surface area contributed by atoms with Crippen molar-refractivity contribution in [2.75, 3.05) is 32.7 Å². The molecule has 0 atom stereocenters. The average Bonchev–Trinajstić information content (AvgIpc) is 3.05. The number of fused-ring (bicyclic) bond motifs is 1. The molecule has 1 fully saturated rings. The minimum absolute atomic E-state index is 0.944. The molecule has 2 heterocycles. The van der Waals surface area contributed by atoms with Crippen LogP contribution in [0.15, 0.2) is 59.0 Å². The first-order chi connectivity index (χ1) is 11.4. The van der Waals surface area contributed by atoms with E-state index in [2.05, 4.69) is 46.6 Å². The largest absolute Gasteiger partial charge is 0.456 e. The fourth-order valence-corrected chi connectivity index (χ4v) is 3.21. The third-order valence-corrected chi connectivity index (χ3v) is 4.57. The lowest BCUT2D eigenvalue weighted by Crippen LogP contribution is -2.44. The molecular weight excluding hydrogens is 284 g/mol. The van der Waals surface area contributed by atoms with Gasteiger partial charge in [0, 0.05) is 43.7 Å². The summed E-state index contributed by atoms with van der Waals surface area (Å²) in [6.45, 7) is 5.68. The van der Waals surface area contributed by atoms with Gasteiger partial charge < -0.3 is 14.6 Å². The highest BCUT2D eigenvalue weighted by Crippen LogP contribution is 2.28. The second-order valence-electron chi connectivity index (χ2n) is 6.19. The fourth-order valence-electron chi connectivity index (χ4n) is 3.21. The van der Waals surface area contributed by atoms with Gasteiger partial charge in [-0.05, 0) is 30.2 Å². The van der Waals surface area contributed by atoms with Crippen molar-refractivity contribution in [2.24, 2.45) is 0 Å². The maximum absolute atomic E-state index is 5.98. The van der Waals surface area contributed by atoms with Gasteiger partial charge in [0.2, 0.25) is 0 Å². The summed E-state index contributed by atoms with van der Waals surface area (Å²) in [6, 6.07) is 19.0. The highest BCUT2D eigenvalue weighted by Gasteiger charge is 2.10. The summed E-state index contributed by atoms with van der Waals surface area (Å²) in [5, 5.41) is 4.60. The van der Waals surface area contributed by atoms with Gasteiger partial charge in [0.25, 0.3) is 0 Å². The summed E-state index contributed by atoms with van der Waals surface area (Å²) < 4.78 is 5.98. The molecule has 1 N–H and O–H groups in total. The monoisotopic (exact) mass is 306 g/mol. The topological polar surface area (TPSA) is 28.4 Å². The second kappa shape index (κ2) is 6.57. The van der Waals surface area contributed by atoms with E-state index in [0.717, 1.165) is 56.1 Å². The smallest absolute Gasteiger partial charge is 0.135 e. The Morgan fingerprint density at radius 1 is 0.957 bits per heavy atom. The van der Waals surface area contributed by atoms with E-state index in [1.54, 1.807) is 0 Å². The molecule has 1 aliphatic rings. The first-order valence-corrected chi connectivity index (χ1v) is 8.39. The highest BCUT2D eigenvalue weighted by molar-refractivity contribution is 5.83. The van der Waals surface area contributed by atoms with E-state index in [-0.39, 0.29) is 0 Å². The van der Waals surface area contributed by atoms with Crippen LogP contribution in [0.25, 0.3) is 22.3 Å². The summed E-state index contributed by atoms with van der Waals surface area (Å²) in [5.41, 5.74) is 3.48. The maximum Gasteiger partial charge on any atom is 0.135 e. The Hall–Kier alpha value is -2.10. The minimum atomic E-state index is 0.944. The summed E-state index contributed by atoms with van der Waals surface area (Å²) in [5.74, 6) is 0.944. The van der Waals surface area contributed by atoms with Crippen LogP contribution >= 0.6 is 0 Å². The van der Waals surface area contributed by atoms with Crippen LogP contribution in [0.2, 0.25) is 0 Å². The first-order valence-electron chi connectivity index (χ1n) is 8.39. The maximum atomic E-state index is 5.98. The number of hydrogen-bond donors (Lipinski definition) is 1. The van der Waals surface area contributed by atoms with Crippen LogP contribution in [0.1, 0.15) is 5.56 Å². The van der Waals surface area contributed by atoms with Gasteiger partial charge in [-0.15, -0.1) is 0 Å². The molecule has 0 amide bonds. The van der Waals surface area contributed by atoms with E-state index in [1.807, 2.05) is 18.2 Å². The number of rotatable bonds is 4. The molecule has 1 saturated heterocycles. The molecule has 3 heteroatoms. The van der Waals surface area contributed by atoms with Crippen molar-refractivity contribution in [3.8, 4) is 11.3 Å². The molecular formula is C20H22N2O. The van der Waals surface area contributed by atoms with Crippen molar-refractivity contribution in [1.29, 1.82) is 0 Å². The molecule has 4 rings (SSSR count). The van der Waals surface area contributed by atoms with Crippen LogP contribution in [-0.2, 0) is 6.42 Å². The van der Waals surface area contributed by atoms with Gasteiger partial charge in [0.1, 0.15) is 11.3 Å². The molecule has 3 nitrogen and oxygen atoms in total. The number of furan rings is 1. The van der Waals surface area contributed by atoms with E-state index in [4.69, 9.17) is 4.42 Å². The lowest BCUT2D eigenvalue weighted by atomic mass is 10.1. The Balaban J connectivity index is 1.51. The van der Waals surface area contributed by atoms with Gasteiger partial charge in [0.05, 0.1) is 0 Å². The minimum Gasteiger partial charge on any atom is -0.456 e. The van der Waals surface area contributed by atoms with Crippen LogP contribution in [0.5, 0.6) is 0 Å². The van der Waals surface area contributed by atoms with E-state index in [0.29, 0.717) is 0 Å². The third kappa shape index (κ3) is 3.31. The Morgan fingerprint density at radius 2 is 1.78 bits per heavy atom. The number of hydrogen-bond acceptors (Lipinski definition) is 3. The van der Waals surface area contributed by atoms with Crippen molar-refractivity contribution in [3.63, 3.8) is 0 Å². The zero-order valence-corrected chi connectivity index (χ0v) is 13.3. The van der Waals surface area contributed by atoms with Gasteiger partial charge >= 0.3 is 0 Å². The van der Waals surface area contributed by atoms with Crippen LogP contribution in [-0.4, -0.2) is 37.6 Å². The molecule has 3 aromatic rings. The Labute approximate surface area is 136 Å². The van der Waals surface area contributed by atoms with Gasteiger partial charge in [-0.1, -0.05) is 36.4 Å². The van der Waals surface area contributed by atoms with Gasteiger partial charge in [0.15, 0.2) is 0 Å². The second-order valence-corrected chi connectivity index (χ2v) is 6.19. The number of benzene rings is 2. The van der Waals surface area contributed by atoms with Crippen molar-refractivity contribution in [3.05, 3.63) is 60.2 Å². The van der Waals surface area contributed by atoms with E-state index in [9.17, 15) is 0 Å². The standard InChI is InChI=1S/C20H22N2O/c1-2-4-17(5-3-1)20-15-18-14-16(6-7-19(18)23-20)8-11-22-12-9-21-10-13-22/h1-7,14-15,21H,8-13H2. The first kappa shape index (κ1) is 14.5. The van der Waals surface area contributed by atoms with Crippen LogP contribution in [0, 0.1) is 0 Å². The van der Waals surface area contributed by atoms with Crippen molar-refractivity contribution >= 4 is 11.0 Å². The quantitative estimate of drug-likeness (QED) is 0.799. The van der Waals surface area contributed by atoms with Gasteiger partial charge in [-0.3, -0.25) is 0 Å². The van der Waals surface area contributed by atoms with Crippen molar-refractivity contribution < 1.29 is 4.42 Å². The molecule has 1 aliphatic heterocycles. The molecule has 118 valence electrons. The Morgan fingerprint density at radius 3 is 2.61 bits per heavy atom. The molecule has 0 unspecified atom stereocenters. The fraction of sp³-hybridized carbons (Fsp3) is 0.300. The molecule has 1 aromatic heterocycles. The summed E-state index contributed by atoms with van der Waals surface area (Å²) in [7, 11) is 0. The van der Waals surface area contributed by atoms with E-state index >= 15 is 0 Å². The summed E-state index contributed by atoms with van der Waals surface area (Å²) in [4.78, 5) is 2.53. The molecule has 0 bridgehead atoms. The average molecular weight is 306 g/mol. The Bertz CT molecular complexity index is 773. The van der Waals surface area contributed by atoms with Crippen molar-refractivity contribution in [1.82, 2.24) is 10.2 Å². The van der Waals surface area contributed by atoms with E-state index < -0.39 is 0 Å². The molecule has 0 saturated carbocycles. The van der Waals surface area contributed by atoms with Gasteiger partial charge in [-0.25, -0.2) is 0 Å². The Kier molecular flexibility index (Phi) is 4.14. The lowest BCUT2D eigenvalue weighted by Gasteiger charge is -2.27. The number of piperazine rings is 1. The van der Waals surface area contributed by atoms with Crippen LogP contribution in [0.3, 0.4) is 0 Å². The molecule has 0 spiro atoms. The zero-order chi connectivity index (χ0) is 15.5. The normalized spacial score (nSPS) is 16.0. The highest BCUT2D eigenvalue weighted by atomic mass is 16.3. The molecule has 0 radical (unpaired) electrons. The molecule has 0 aliphatic carbocycles. The predicted octanol–water partition coefficient (Wildman–Crippen LogP) is 3.55. The molecule has 23 heavy (non-hydrogen) atoms. The molecule has 2 aromatic carbocycles. The SMILES string of the molecule is c1ccc(-c2cc3cc(CCN4CCNCC4)ccc3o2)cc1. The number of nitrogens with zero attached hydrogens (tertiary/aromatic N) is 1. The van der Waals surface area contributed by atoms with Gasteiger partial charge in [-0.2, -0.15) is 0 Å². The summed E-state index contributed by atoms with van der Waals surface area (Å²) in [6.07, 6.45) is 1.10. The van der Waals surface area contributed by atoms with Crippen LogP contribution < -0.4 is 5.32 Å². The number of nitrogens with one attached hydrogen (secondary N) is 1. The zero-order valence-electron chi connectivity index (χ0n) is 13.3. The van der Waals surface area contributed by atoms with Crippen molar-refractivity contribution in [2.45, 2.75) is 6.42 Å². The van der Waals surface area contributed by atoms with E-state index in [1.165, 1.54) is 10.9 Å².